The van der Waals surface area contributed by atoms with Crippen molar-refractivity contribution in [1.29, 1.82) is 0 Å². The minimum atomic E-state index is -1.32. The van der Waals surface area contributed by atoms with E-state index in [1.165, 1.54) is 6.92 Å². The number of carboxylic acid groups (broad SMARTS) is 1. The highest BCUT2D eigenvalue weighted by molar-refractivity contribution is 5.93. The lowest BCUT2D eigenvalue weighted by Crippen LogP contribution is -2.66. The normalized spacial score (nSPS) is 25.5. The molecule has 2 unspecified atom stereocenters. The predicted octanol–water partition coefficient (Wildman–Crippen LogP) is 0.119. The molecule has 9 heteroatoms. The van der Waals surface area contributed by atoms with Gasteiger partial charge in [-0.2, -0.15) is 0 Å². The summed E-state index contributed by atoms with van der Waals surface area (Å²) in [5.41, 5.74) is -1.85. The fourth-order valence-electron chi connectivity index (χ4n) is 3.52. The topological polar surface area (TPSA) is 128 Å². The minimum absolute atomic E-state index is 0.0948. The van der Waals surface area contributed by atoms with Crippen LogP contribution in [0.25, 0.3) is 0 Å². The number of aldehydes is 1. The molecule has 1 heterocycles. The Morgan fingerprint density at radius 1 is 1.33 bits per heavy atom. The Hall–Kier alpha value is -2.42. The Balaban J connectivity index is 3.27. The number of carbonyl (C=O) groups is 4. The van der Waals surface area contributed by atoms with Crippen LogP contribution in [0.15, 0.2) is 12.7 Å². The number of hydrogen-bond donors (Lipinski definition) is 4. The molecule has 9 nitrogen and oxygen atoms in total. The number of likely N-dealkylation sites (tertiary alicyclic amines) is 1. The van der Waals surface area contributed by atoms with E-state index in [0.29, 0.717) is 6.42 Å². The van der Waals surface area contributed by atoms with Gasteiger partial charge in [0, 0.05) is 38.0 Å². The first-order chi connectivity index (χ1) is 12.5. The summed E-state index contributed by atoms with van der Waals surface area (Å²) in [5.74, 6) is -1.29. The van der Waals surface area contributed by atoms with E-state index in [1.54, 1.807) is 11.0 Å². The maximum atomic E-state index is 13.2. The third-order valence-corrected chi connectivity index (χ3v) is 4.45. The summed E-state index contributed by atoms with van der Waals surface area (Å²) in [4.78, 5) is 49.3. The van der Waals surface area contributed by atoms with Crippen LogP contribution in [0.4, 0.5) is 4.79 Å². The van der Waals surface area contributed by atoms with Crippen molar-refractivity contribution in [2.24, 2.45) is 5.92 Å². The van der Waals surface area contributed by atoms with Gasteiger partial charge in [-0.05, 0) is 27.2 Å². The zero-order valence-corrected chi connectivity index (χ0v) is 16.4. The second-order valence-corrected chi connectivity index (χ2v) is 7.82. The van der Waals surface area contributed by atoms with Gasteiger partial charge in [-0.15, -0.1) is 6.58 Å². The number of nitrogens with one attached hydrogen (secondary N) is 3. The number of amides is 3. The highest BCUT2D eigenvalue weighted by atomic mass is 16.4. The zero-order valence-electron chi connectivity index (χ0n) is 16.4. The molecule has 0 aromatic heterocycles. The molecule has 1 saturated heterocycles. The number of allylic oxidation sites excluding steroid dienone is 1. The largest absolute Gasteiger partial charge is 0.465 e. The molecule has 1 rings (SSSR count). The zero-order chi connectivity index (χ0) is 20.8. The van der Waals surface area contributed by atoms with Crippen LogP contribution >= 0.6 is 0 Å². The van der Waals surface area contributed by atoms with Crippen LogP contribution in [0.3, 0.4) is 0 Å². The molecule has 0 aromatic rings. The van der Waals surface area contributed by atoms with E-state index in [2.05, 4.69) is 22.5 Å². The van der Waals surface area contributed by atoms with Gasteiger partial charge in [0.05, 0.1) is 6.04 Å². The first-order valence-electron chi connectivity index (χ1n) is 8.85. The molecule has 0 spiro atoms. The minimum Gasteiger partial charge on any atom is -0.465 e. The highest BCUT2D eigenvalue weighted by Gasteiger charge is 2.57. The molecule has 0 aromatic carbocycles. The van der Waals surface area contributed by atoms with Crippen LogP contribution in [0.1, 0.15) is 34.1 Å². The first-order valence-corrected chi connectivity index (χ1v) is 8.85. The highest BCUT2D eigenvalue weighted by Crippen LogP contribution is 2.36. The summed E-state index contributed by atoms with van der Waals surface area (Å²) in [6.45, 7) is 10.9. The van der Waals surface area contributed by atoms with Crippen LogP contribution in [-0.4, -0.2) is 71.0 Å². The van der Waals surface area contributed by atoms with Gasteiger partial charge in [-0.3, -0.25) is 14.5 Å². The van der Waals surface area contributed by atoms with E-state index in [9.17, 15) is 19.2 Å². The summed E-state index contributed by atoms with van der Waals surface area (Å²) in [6, 6.07) is -0.656. The van der Waals surface area contributed by atoms with Crippen molar-refractivity contribution in [2.45, 2.75) is 51.2 Å². The van der Waals surface area contributed by atoms with Crippen molar-refractivity contribution in [2.75, 3.05) is 19.6 Å². The standard InChI is InChI=1S/C18H30N4O5/c1-6-7-13-14(10-23)22(9-8-19-16(26)27)11-18(13,20-12(2)24)15(25)21-17(3,4)5/h6,10,13-14,19H,1,7-9,11H2,2-5H3,(H,20,24)(H,21,25)(H,26,27)/t13?,14-,18?/m1/s1. The van der Waals surface area contributed by atoms with Gasteiger partial charge in [0.2, 0.25) is 11.8 Å². The lowest BCUT2D eigenvalue weighted by Gasteiger charge is -2.37. The Kier molecular flexibility index (Phi) is 7.53. The molecule has 1 fully saturated rings. The van der Waals surface area contributed by atoms with E-state index in [0.717, 1.165) is 6.29 Å². The van der Waals surface area contributed by atoms with Crippen molar-refractivity contribution in [3.63, 3.8) is 0 Å². The Morgan fingerprint density at radius 3 is 2.41 bits per heavy atom. The van der Waals surface area contributed by atoms with Gasteiger partial charge in [0.15, 0.2) is 0 Å². The second-order valence-electron chi connectivity index (χ2n) is 7.82. The van der Waals surface area contributed by atoms with Crippen LogP contribution in [0.2, 0.25) is 0 Å². The molecule has 0 saturated carbocycles. The summed E-state index contributed by atoms with van der Waals surface area (Å²) < 4.78 is 0. The molecule has 3 atom stereocenters. The number of nitrogens with zero attached hydrogens (tertiary/aromatic N) is 1. The summed E-state index contributed by atoms with van der Waals surface area (Å²) in [7, 11) is 0. The number of hydrogen-bond acceptors (Lipinski definition) is 5. The van der Waals surface area contributed by atoms with E-state index >= 15 is 0 Å². The molecule has 4 N–H and O–H groups in total. The Labute approximate surface area is 159 Å². The average Bonchev–Trinajstić information content (AvgIpc) is 2.79. The monoisotopic (exact) mass is 382 g/mol. The summed E-state index contributed by atoms with van der Waals surface area (Å²) in [6.07, 6.45) is 1.52. The molecular weight excluding hydrogens is 352 g/mol. The van der Waals surface area contributed by atoms with Crippen LogP contribution in [0, 0.1) is 5.92 Å². The predicted molar refractivity (Wildman–Crippen MR) is 100 cm³/mol. The lowest BCUT2D eigenvalue weighted by atomic mass is 9.79. The van der Waals surface area contributed by atoms with Crippen molar-refractivity contribution < 1.29 is 24.3 Å². The molecule has 1 aliphatic rings. The third kappa shape index (κ3) is 5.78. The van der Waals surface area contributed by atoms with Gasteiger partial charge in [-0.1, -0.05) is 6.08 Å². The lowest BCUT2D eigenvalue weighted by molar-refractivity contribution is -0.135. The summed E-state index contributed by atoms with van der Waals surface area (Å²) >= 11 is 0. The molecule has 0 radical (unpaired) electrons. The van der Waals surface area contributed by atoms with E-state index < -0.39 is 29.1 Å². The van der Waals surface area contributed by atoms with Gasteiger partial charge in [0.25, 0.3) is 0 Å². The maximum Gasteiger partial charge on any atom is 0.404 e. The molecule has 3 amide bonds. The van der Waals surface area contributed by atoms with Crippen LogP contribution in [0.5, 0.6) is 0 Å². The van der Waals surface area contributed by atoms with Gasteiger partial charge >= 0.3 is 6.09 Å². The fraction of sp³-hybridized carbons (Fsp3) is 0.667. The fourth-order valence-corrected chi connectivity index (χ4v) is 3.52. The molecule has 1 aliphatic heterocycles. The van der Waals surface area contributed by atoms with Crippen LogP contribution in [-0.2, 0) is 14.4 Å². The molecule has 27 heavy (non-hydrogen) atoms. The Morgan fingerprint density at radius 2 is 1.96 bits per heavy atom. The maximum absolute atomic E-state index is 13.2. The van der Waals surface area contributed by atoms with Gasteiger partial charge in [-0.25, -0.2) is 4.79 Å². The molecule has 152 valence electrons. The van der Waals surface area contributed by atoms with Crippen molar-refractivity contribution >= 4 is 24.2 Å². The van der Waals surface area contributed by atoms with Gasteiger partial charge < -0.3 is 25.9 Å². The smallest absolute Gasteiger partial charge is 0.404 e. The molecular formula is C18H30N4O5. The van der Waals surface area contributed by atoms with E-state index in [-0.39, 0.29) is 31.4 Å². The number of rotatable bonds is 8. The van der Waals surface area contributed by atoms with Gasteiger partial charge in [0.1, 0.15) is 11.8 Å². The Bertz CT molecular complexity index is 601. The average molecular weight is 382 g/mol. The van der Waals surface area contributed by atoms with E-state index in [4.69, 9.17) is 5.11 Å². The van der Waals surface area contributed by atoms with E-state index in [1.807, 2.05) is 20.8 Å². The summed E-state index contributed by atoms with van der Waals surface area (Å²) in [5, 5.41) is 16.7. The second kappa shape index (κ2) is 8.98. The number of carbonyl (C=O) groups excluding carboxylic acids is 3. The first kappa shape index (κ1) is 22.6. The third-order valence-electron chi connectivity index (χ3n) is 4.45. The van der Waals surface area contributed by atoms with Crippen molar-refractivity contribution in [1.82, 2.24) is 20.9 Å². The molecule has 0 aliphatic carbocycles. The van der Waals surface area contributed by atoms with Crippen molar-refractivity contribution in [3.8, 4) is 0 Å². The quantitative estimate of drug-likeness (QED) is 0.349. The molecule has 0 bridgehead atoms. The van der Waals surface area contributed by atoms with Crippen LogP contribution < -0.4 is 16.0 Å². The van der Waals surface area contributed by atoms with Crippen molar-refractivity contribution in [3.05, 3.63) is 12.7 Å². The SMILES string of the molecule is C=CCC1[C@@H](C=O)N(CCNC(=O)O)CC1(NC(C)=O)C(=O)NC(C)(C)C.